The molecule has 0 fully saturated rings. The van der Waals surface area contributed by atoms with Crippen LogP contribution < -0.4 is 5.73 Å². The molecule has 2 aromatic rings. The maximum Gasteiger partial charge on any atom is 0.490 e. The maximum atomic E-state index is 12.6. The number of alkyl halides is 6. The fourth-order valence-corrected chi connectivity index (χ4v) is 1.81. The molecule has 0 saturated heterocycles. The molecule has 2 rings (SSSR count). The minimum atomic E-state index is -5.08. The Morgan fingerprint density at radius 2 is 1.84 bits per heavy atom. The number of aromatic amines is 1. The van der Waals surface area contributed by atoms with Crippen molar-refractivity contribution in [3.05, 3.63) is 40.4 Å². The molecule has 0 radical (unpaired) electrons. The first kappa shape index (κ1) is 20.6. The number of H-pyrrole nitrogens is 1. The van der Waals surface area contributed by atoms with Crippen molar-refractivity contribution in [2.24, 2.45) is 5.73 Å². The number of nitrogens with one attached hydrogen (secondary N) is 1. The van der Waals surface area contributed by atoms with Gasteiger partial charge in [-0.2, -0.15) is 31.4 Å². The van der Waals surface area contributed by atoms with E-state index in [-0.39, 0.29) is 17.0 Å². The summed E-state index contributed by atoms with van der Waals surface area (Å²) in [6.07, 6.45) is -9.48. The topological polar surface area (TPSA) is 96.9 Å². The summed E-state index contributed by atoms with van der Waals surface area (Å²) in [4.78, 5) is 8.90. The van der Waals surface area contributed by atoms with Crippen molar-refractivity contribution in [1.82, 2.24) is 14.8 Å². The van der Waals surface area contributed by atoms with Crippen LogP contribution in [0.2, 0.25) is 0 Å². The van der Waals surface area contributed by atoms with Crippen LogP contribution in [0.3, 0.4) is 0 Å². The summed E-state index contributed by atoms with van der Waals surface area (Å²) in [5, 5.41) is 13.5. The second-order valence-electron chi connectivity index (χ2n) is 4.34. The van der Waals surface area contributed by atoms with Gasteiger partial charge in [0.25, 0.3) is 0 Å². The third kappa shape index (κ3) is 5.56. The Balaban J connectivity index is 0.000000381. The first-order valence-corrected chi connectivity index (χ1v) is 6.63. The molecule has 0 spiro atoms. The predicted molar refractivity (Wildman–Crippen MR) is 75.3 cm³/mol. The van der Waals surface area contributed by atoms with E-state index in [2.05, 4.69) is 10.2 Å². The normalized spacial score (nSPS) is 11.6. The van der Waals surface area contributed by atoms with Crippen LogP contribution in [-0.2, 0) is 17.5 Å². The Bertz CT molecular complexity index is 796. The molecule has 0 amide bonds. The van der Waals surface area contributed by atoms with E-state index in [0.29, 0.717) is 5.82 Å². The molecule has 1 heterocycles. The Hall–Kier alpha value is -2.41. The number of carboxylic acids is 1. The van der Waals surface area contributed by atoms with E-state index in [0.717, 1.165) is 12.1 Å². The standard InChI is InChI=1S/C10H9F3N4S.C2HF3O2/c11-10(12,13)6-2-1-3-7(4-6)17-8(5-14)15-16-9(17)18;3-2(4,5)1(6)7/h1-4H,5,14H2,(H,16,18);(H,6,7). The van der Waals surface area contributed by atoms with Crippen molar-refractivity contribution >= 4 is 18.2 Å². The molecule has 0 aliphatic rings. The number of hydrogen-bond donors (Lipinski definition) is 3. The molecule has 0 atom stereocenters. The number of aromatic nitrogens is 3. The van der Waals surface area contributed by atoms with Crippen molar-refractivity contribution in [2.75, 3.05) is 0 Å². The van der Waals surface area contributed by atoms with Gasteiger partial charge in [0, 0.05) is 0 Å². The van der Waals surface area contributed by atoms with Gasteiger partial charge in [-0.3, -0.25) is 9.67 Å². The van der Waals surface area contributed by atoms with Gasteiger partial charge in [0.2, 0.25) is 0 Å². The average Bonchev–Trinajstić information content (AvgIpc) is 2.87. The fourth-order valence-electron chi connectivity index (χ4n) is 1.55. The Kier molecular flexibility index (Phi) is 6.31. The lowest BCUT2D eigenvalue weighted by atomic mass is 10.2. The highest BCUT2D eigenvalue weighted by Crippen LogP contribution is 2.30. The Morgan fingerprint density at radius 3 is 2.28 bits per heavy atom. The summed E-state index contributed by atoms with van der Waals surface area (Å²) in [6.45, 7) is 0.0728. The van der Waals surface area contributed by atoms with Gasteiger partial charge in [0.05, 0.1) is 17.8 Å². The lowest BCUT2D eigenvalue weighted by Gasteiger charge is -2.10. The zero-order valence-electron chi connectivity index (χ0n) is 12.0. The zero-order valence-corrected chi connectivity index (χ0v) is 12.8. The third-order valence-corrected chi connectivity index (χ3v) is 2.87. The minimum Gasteiger partial charge on any atom is -0.475 e. The monoisotopic (exact) mass is 388 g/mol. The summed E-state index contributed by atoms with van der Waals surface area (Å²) in [5.41, 5.74) is 4.99. The van der Waals surface area contributed by atoms with Crippen LogP contribution in [-0.4, -0.2) is 32.0 Å². The molecule has 13 heteroatoms. The number of aliphatic carboxylic acids is 1. The van der Waals surface area contributed by atoms with E-state index >= 15 is 0 Å². The van der Waals surface area contributed by atoms with Gasteiger partial charge in [-0.1, -0.05) is 6.07 Å². The van der Waals surface area contributed by atoms with Crippen LogP contribution in [0.1, 0.15) is 11.4 Å². The SMILES string of the molecule is NCc1n[nH]c(=S)n1-c1cccc(C(F)(F)F)c1.O=C(O)C(F)(F)F. The quantitative estimate of drug-likeness (QED) is 0.543. The van der Waals surface area contributed by atoms with Gasteiger partial charge in [-0.25, -0.2) is 4.79 Å². The van der Waals surface area contributed by atoms with Crippen molar-refractivity contribution in [1.29, 1.82) is 0 Å². The molecule has 0 aliphatic carbocycles. The van der Waals surface area contributed by atoms with Crippen LogP contribution in [0.15, 0.2) is 24.3 Å². The van der Waals surface area contributed by atoms with Gasteiger partial charge in [0.1, 0.15) is 5.82 Å². The van der Waals surface area contributed by atoms with Crippen molar-refractivity contribution in [3.63, 3.8) is 0 Å². The molecular weight excluding hydrogens is 378 g/mol. The largest absolute Gasteiger partial charge is 0.490 e. The summed E-state index contributed by atoms with van der Waals surface area (Å²) in [6, 6.07) is 4.83. The number of rotatable bonds is 2. The minimum absolute atomic E-state index is 0.0728. The highest BCUT2D eigenvalue weighted by molar-refractivity contribution is 7.71. The van der Waals surface area contributed by atoms with E-state index in [1.165, 1.54) is 16.7 Å². The van der Waals surface area contributed by atoms with Gasteiger partial charge < -0.3 is 10.8 Å². The predicted octanol–water partition coefficient (Wildman–Crippen LogP) is 3.04. The Labute approximate surface area is 140 Å². The molecular formula is C12H10F6N4O2S. The van der Waals surface area contributed by atoms with Crippen molar-refractivity contribution < 1.29 is 36.2 Å². The molecule has 6 nitrogen and oxygen atoms in total. The van der Waals surface area contributed by atoms with Crippen LogP contribution in [0.5, 0.6) is 0 Å². The zero-order chi connectivity index (χ0) is 19.4. The van der Waals surface area contributed by atoms with Crippen LogP contribution >= 0.6 is 12.2 Å². The molecule has 0 unspecified atom stereocenters. The van der Waals surface area contributed by atoms with Crippen molar-refractivity contribution in [2.45, 2.75) is 18.9 Å². The highest BCUT2D eigenvalue weighted by atomic mass is 32.1. The second-order valence-corrected chi connectivity index (χ2v) is 4.72. The van der Waals surface area contributed by atoms with Crippen LogP contribution in [0.25, 0.3) is 5.69 Å². The van der Waals surface area contributed by atoms with E-state index < -0.39 is 23.9 Å². The van der Waals surface area contributed by atoms with Gasteiger partial charge in [-0.15, -0.1) is 0 Å². The van der Waals surface area contributed by atoms with Crippen LogP contribution in [0, 0.1) is 4.77 Å². The summed E-state index contributed by atoms with van der Waals surface area (Å²) in [5.74, 6) is -2.38. The summed E-state index contributed by atoms with van der Waals surface area (Å²) in [7, 11) is 0. The number of carboxylic acid groups (broad SMARTS) is 1. The summed E-state index contributed by atoms with van der Waals surface area (Å²) < 4.78 is 71.1. The van der Waals surface area contributed by atoms with E-state index in [1.54, 1.807) is 0 Å². The average molecular weight is 388 g/mol. The first-order valence-electron chi connectivity index (χ1n) is 6.22. The summed E-state index contributed by atoms with van der Waals surface area (Å²) >= 11 is 4.97. The number of halogens is 6. The van der Waals surface area contributed by atoms with Gasteiger partial charge in [0.15, 0.2) is 4.77 Å². The molecule has 4 N–H and O–H groups in total. The van der Waals surface area contributed by atoms with E-state index in [9.17, 15) is 26.3 Å². The smallest absolute Gasteiger partial charge is 0.475 e. The number of carbonyl (C=O) groups is 1. The van der Waals surface area contributed by atoms with E-state index in [4.69, 9.17) is 27.9 Å². The lowest BCUT2D eigenvalue weighted by molar-refractivity contribution is -0.192. The molecule has 138 valence electrons. The first-order chi connectivity index (χ1) is 11.4. The maximum absolute atomic E-state index is 12.6. The Morgan fingerprint density at radius 1 is 1.28 bits per heavy atom. The molecule has 0 bridgehead atoms. The van der Waals surface area contributed by atoms with E-state index in [1.807, 2.05) is 0 Å². The fraction of sp³-hybridized carbons (Fsp3) is 0.250. The molecule has 25 heavy (non-hydrogen) atoms. The van der Waals surface area contributed by atoms with Gasteiger partial charge >= 0.3 is 18.3 Å². The molecule has 0 saturated carbocycles. The molecule has 1 aromatic carbocycles. The van der Waals surface area contributed by atoms with Crippen LogP contribution in [0.4, 0.5) is 26.3 Å². The molecule has 0 aliphatic heterocycles. The highest BCUT2D eigenvalue weighted by Gasteiger charge is 2.38. The molecule has 1 aromatic heterocycles. The number of nitrogens with two attached hydrogens (primary N) is 1. The third-order valence-electron chi connectivity index (χ3n) is 2.60. The number of hydrogen-bond acceptors (Lipinski definition) is 4. The number of benzene rings is 1. The van der Waals surface area contributed by atoms with Gasteiger partial charge in [-0.05, 0) is 30.4 Å². The lowest BCUT2D eigenvalue weighted by Crippen LogP contribution is -2.21. The number of nitrogens with zero attached hydrogens (tertiary/aromatic N) is 2. The second kappa shape index (κ2) is 7.65. The van der Waals surface area contributed by atoms with Crippen molar-refractivity contribution in [3.8, 4) is 5.69 Å².